The van der Waals surface area contributed by atoms with Crippen molar-refractivity contribution in [3.63, 3.8) is 0 Å². The highest BCUT2D eigenvalue weighted by atomic mass is 79.9. The van der Waals surface area contributed by atoms with E-state index in [1.54, 1.807) is 62.3 Å². The number of non-ortho nitro benzene ring substituents is 1. The number of rotatable bonds is 3. The Labute approximate surface area is 223 Å². The molecule has 0 saturated carbocycles. The van der Waals surface area contributed by atoms with Gasteiger partial charge in [-0.2, -0.15) is 0 Å². The van der Waals surface area contributed by atoms with Crippen molar-refractivity contribution >= 4 is 45.8 Å². The minimum Gasteiger partial charge on any atom is -0.443 e. The molecular weight excluding hydrogens is 552 g/mol. The number of hydrogen-bond acceptors (Lipinski definition) is 9. The average Bonchev–Trinajstić information content (AvgIpc) is 3.00. The lowest BCUT2D eigenvalue weighted by atomic mass is 10.1. The Morgan fingerprint density at radius 3 is 1.84 bits per heavy atom. The number of hydrogen-bond donors (Lipinski definition) is 0. The van der Waals surface area contributed by atoms with Gasteiger partial charge in [0.1, 0.15) is 21.4 Å². The lowest BCUT2D eigenvalue weighted by Gasteiger charge is -2.28. The quantitative estimate of drug-likeness (QED) is 0.220. The number of anilines is 1. The van der Waals surface area contributed by atoms with Crippen LogP contribution in [0.1, 0.15) is 62.3 Å². The van der Waals surface area contributed by atoms with E-state index < -0.39 is 46.0 Å². The molecule has 2 aromatic rings. The lowest BCUT2D eigenvalue weighted by molar-refractivity contribution is -0.384. The van der Waals surface area contributed by atoms with Crippen LogP contribution in [0.3, 0.4) is 0 Å². The zero-order valence-electron chi connectivity index (χ0n) is 22.2. The molecule has 0 aliphatic rings. The summed E-state index contributed by atoms with van der Waals surface area (Å²) >= 11 is 3.26. The number of amides is 2. The van der Waals surface area contributed by atoms with Gasteiger partial charge in [-0.15, -0.1) is 4.90 Å². The van der Waals surface area contributed by atoms with Crippen molar-refractivity contribution < 1.29 is 33.5 Å². The van der Waals surface area contributed by atoms with E-state index in [0.717, 1.165) is 4.57 Å². The normalized spacial score (nSPS) is 12.1. The van der Waals surface area contributed by atoms with Gasteiger partial charge in [-0.3, -0.25) is 10.1 Å². The minimum atomic E-state index is -1.16. The fourth-order valence-electron chi connectivity index (χ4n) is 2.88. The van der Waals surface area contributed by atoms with E-state index >= 15 is 0 Å². The number of ether oxygens (including phenoxy) is 3. The number of imidazole rings is 1. The molecule has 0 atom stereocenters. The van der Waals surface area contributed by atoms with Crippen LogP contribution in [0.5, 0.6) is 0 Å². The van der Waals surface area contributed by atoms with Gasteiger partial charge in [0.25, 0.3) is 5.69 Å². The van der Waals surface area contributed by atoms with Crippen molar-refractivity contribution in [1.82, 2.24) is 9.55 Å². The summed E-state index contributed by atoms with van der Waals surface area (Å²) in [6, 6.07) is 5.42. The Morgan fingerprint density at radius 2 is 1.41 bits per heavy atom. The molecule has 1 aromatic heterocycles. The fourth-order valence-corrected chi connectivity index (χ4v) is 3.45. The summed E-state index contributed by atoms with van der Waals surface area (Å²) in [5.74, 6) is -0.494. The van der Waals surface area contributed by atoms with Crippen LogP contribution in [0.4, 0.5) is 26.0 Å². The number of imide groups is 1. The molecular formula is C24H31BrN4O8. The number of carbonyl (C=O) groups excluding carboxylic acids is 3. The molecule has 0 radical (unpaired) electrons. The smallest absolute Gasteiger partial charge is 0.427 e. The molecule has 2 rings (SSSR count). The molecule has 0 fully saturated rings. The Balaban J connectivity index is 2.88. The summed E-state index contributed by atoms with van der Waals surface area (Å²) in [7, 11) is 0. The first kappa shape index (κ1) is 29.7. The van der Waals surface area contributed by atoms with Gasteiger partial charge in [0.15, 0.2) is 0 Å². The van der Waals surface area contributed by atoms with Crippen LogP contribution >= 0.6 is 15.9 Å². The highest BCUT2D eigenvalue weighted by molar-refractivity contribution is 9.10. The predicted molar refractivity (Wildman–Crippen MR) is 139 cm³/mol. The van der Waals surface area contributed by atoms with Gasteiger partial charge in [0.05, 0.1) is 10.6 Å². The first-order chi connectivity index (χ1) is 16.7. The van der Waals surface area contributed by atoms with Crippen molar-refractivity contribution in [3.05, 3.63) is 39.0 Å². The zero-order chi connectivity index (χ0) is 28.5. The van der Waals surface area contributed by atoms with Gasteiger partial charge in [0.2, 0.25) is 5.95 Å². The van der Waals surface area contributed by atoms with Crippen molar-refractivity contribution in [2.24, 2.45) is 0 Å². The number of nitro benzene ring substituents is 1. The molecule has 37 heavy (non-hydrogen) atoms. The minimum absolute atomic E-state index is 0.00469. The fraction of sp³-hybridized carbons (Fsp3) is 0.500. The van der Waals surface area contributed by atoms with Crippen LogP contribution < -0.4 is 4.90 Å². The third-order valence-electron chi connectivity index (χ3n) is 4.08. The molecule has 0 bridgehead atoms. The van der Waals surface area contributed by atoms with E-state index in [4.69, 9.17) is 14.2 Å². The molecule has 13 heteroatoms. The van der Waals surface area contributed by atoms with Crippen LogP contribution in [-0.4, -0.2) is 49.6 Å². The van der Waals surface area contributed by atoms with Crippen LogP contribution in [-0.2, 0) is 14.2 Å². The van der Waals surface area contributed by atoms with Gasteiger partial charge in [-0.1, -0.05) is 12.1 Å². The van der Waals surface area contributed by atoms with E-state index in [-0.39, 0.29) is 21.5 Å². The number of nitro groups is 1. The second-order valence-corrected chi connectivity index (χ2v) is 11.7. The van der Waals surface area contributed by atoms with Crippen LogP contribution in [0.25, 0.3) is 11.3 Å². The third kappa shape index (κ3) is 8.00. The van der Waals surface area contributed by atoms with Gasteiger partial charge >= 0.3 is 18.3 Å². The highest BCUT2D eigenvalue weighted by Crippen LogP contribution is 2.36. The van der Waals surface area contributed by atoms with Crippen molar-refractivity contribution in [1.29, 1.82) is 0 Å². The zero-order valence-corrected chi connectivity index (χ0v) is 23.8. The van der Waals surface area contributed by atoms with E-state index in [1.807, 2.05) is 0 Å². The van der Waals surface area contributed by atoms with Gasteiger partial charge in [-0.05, 0) is 78.2 Å². The van der Waals surface area contributed by atoms with Crippen molar-refractivity contribution in [2.75, 3.05) is 4.90 Å². The van der Waals surface area contributed by atoms with Crippen LogP contribution in [0, 0.1) is 10.1 Å². The van der Waals surface area contributed by atoms with E-state index in [2.05, 4.69) is 20.9 Å². The van der Waals surface area contributed by atoms with Crippen molar-refractivity contribution in [2.45, 2.75) is 79.1 Å². The Bertz CT molecular complexity index is 1190. The molecule has 1 aromatic carbocycles. The Morgan fingerprint density at radius 1 is 0.919 bits per heavy atom. The molecule has 12 nitrogen and oxygen atoms in total. The maximum Gasteiger partial charge on any atom is 0.427 e. The Hall–Kier alpha value is -3.48. The molecule has 0 N–H and O–H groups in total. The third-order valence-corrected chi connectivity index (χ3v) is 4.63. The lowest BCUT2D eigenvalue weighted by Crippen LogP contribution is -2.45. The van der Waals surface area contributed by atoms with Gasteiger partial charge < -0.3 is 14.2 Å². The van der Waals surface area contributed by atoms with Crippen molar-refractivity contribution in [3.8, 4) is 11.3 Å². The first-order valence-corrected chi connectivity index (χ1v) is 12.0. The summed E-state index contributed by atoms with van der Waals surface area (Å²) in [5.41, 5.74) is -3.06. The summed E-state index contributed by atoms with van der Waals surface area (Å²) in [5, 5.41) is 11.4. The van der Waals surface area contributed by atoms with E-state index in [1.165, 1.54) is 24.3 Å². The van der Waals surface area contributed by atoms with Crippen LogP contribution in [0.15, 0.2) is 28.9 Å². The second-order valence-electron chi connectivity index (χ2n) is 11.0. The molecule has 0 aliphatic carbocycles. The summed E-state index contributed by atoms with van der Waals surface area (Å²) in [4.78, 5) is 55.4. The van der Waals surface area contributed by atoms with Crippen LogP contribution in [0.2, 0.25) is 0 Å². The van der Waals surface area contributed by atoms with Gasteiger partial charge in [-0.25, -0.2) is 23.9 Å². The SMILES string of the molecule is CC(C)(C)OC(=O)N(C(=O)OC(C)(C)C)c1nc(Br)c(-c2cccc([N+](=O)[O-])c2)n1C(=O)OC(C)(C)C. The molecule has 0 unspecified atom stereocenters. The predicted octanol–water partition coefficient (Wildman–Crippen LogP) is 6.68. The number of nitrogens with zero attached hydrogens (tertiary/aromatic N) is 4. The largest absolute Gasteiger partial charge is 0.443 e. The molecule has 2 amide bonds. The number of benzene rings is 1. The second kappa shape index (κ2) is 10.5. The number of carbonyl (C=O) groups is 3. The standard InChI is InChI=1S/C24H31BrN4O8/c1-22(2,3)35-19(30)27-16(14-11-10-12-15(13-14)29(33)34)17(25)26-18(27)28(20(31)36-23(4,5)6)21(32)37-24(7,8)9/h10-13H,1-9H3. The number of halogens is 1. The number of aromatic nitrogens is 2. The topological polar surface area (TPSA) is 143 Å². The monoisotopic (exact) mass is 582 g/mol. The van der Waals surface area contributed by atoms with Gasteiger partial charge in [0, 0.05) is 17.7 Å². The molecule has 0 saturated heterocycles. The molecule has 0 aliphatic heterocycles. The molecule has 0 spiro atoms. The summed E-state index contributed by atoms with van der Waals surface area (Å²) < 4.78 is 17.2. The molecule has 202 valence electrons. The maximum absolute atomic E-state index is 13.4. The Kier molecular flexibility index (Phi) is 8.43. The maximum atomic E-state index is 13.4. The summed E-state index contributed by atoms with van der Waals surface area (Å²) in [6.07, 6.45) is -3.32. The van der Waals surface area contributed by atoms with E-state index in [9.17, 15) is 24.5 Å². The molecule has 1 heterocycles. The van der Waals surface area contributed by atoms with E-state index in [0.29, 0.717) is 4.90 Å². The average molecular weight is 583 g/mol. The summed E-state index contributed by atoms with van der Waals surface area (Å²) in [6.45, 7) is 14.5. The first-order valence-electron chi connectivity index (χ1n) is 11.2. The highest BCUT2D eigenvalue weighted by Gasteiger charge is 2.39.